The van der Waals surface area contributed by atoms with Gasteiger partial charge in [0.15, 0.2) is 0 Å². The molecule has 1 aromatic rings. The Bertz CT molecular complexity index is 407. The number of aryl methyl sites for hydroxylation is 2. The summed E-state index contributed by atoms with van der Waals surface area (Å²) in [6.07, 6.45) is -3.09. The number of alkyl halides is 3. The van der Waals surface area contributed by atoms with Crippen LogP contribution in [-0.4, -0.2) is 35.7 Å². The van der Waals surface area contributed by atoms with E-state index in [0.29, 0.717) is 12.2 Å². The summed E-state index contributed by atoms with van der Waals surface area (Å²) < 4.78 is 46.2. The molecule has 1 aromatic heterocycles. The lowest BCUT2D eigenvalue weighted by atomic mass is 9.92. The Morgan fingerprint density at radius 1 is 1.53 bits per heavy atom. The average Bonchev–Trinajstić information content (AvgIpc) is 2.57. The van der Waals surface area contributed by atoms with Gasteiger partial charge in [-0.3, -0.25) is 4.68 Å². The highest BCUT2D eigenvalue weighted by Crippen LogP contribution is 2.43. The standard InChI is InChI=1S/C10H14F3N3O/c1-7-8(5-16(2)15-7)9(10(11,12)13)6-14-3-4-17-9/h5,14H,3-4,6H2,1-2H3. The van der Waals surface area contributed by atoms with Gasteiger partial charge < -0.3 is 10.1 Å². The lowest BCUT2D eigenvalue weighted by molar-refractivity contribution is -0.290. The molecular weight excluding hydrogens is 235 g/mol. The predicted octanol–water partition coefficient (Wildman–Crippen LogP) is 1.11. The van der Waals surface area contributed by atoms with Crippen LogP contribution in [0.15, 0.2) is 6.20 Å². The topological polar surface area (TPSA) is 39.1 Å². The molecule has 2 rings (SSSR count). The van der Waals surface area contributed by atoms with Crippen molar-refractivity contribution in [3.63, 3.8) is 0 Å². The third kappa shape index (κ3) is 1.93. The summed E-state index contributed by atoms with van der Waals surface area (Å²) >= 11 is 0. The fourth-order valence-electron chi connectivity index (χ4n) is 2.12. The van der Waals surface area contributed by atoms with Crippen LogP contribution in [0.3, 0.4) is 0 Å². The fraction of sp³-hybridized carbons (Fsp3) is 0.700. The summed E-state index contributed by atoms with van der Waals surface area (Å²) in [4.78, 5) is 0. The van der Waals surface area contributed by atoms with E-state index in [-0.39, 0.29) is 18.7 Å². The average molecular weight is 249 g/mol. The molecule has 1 N–H and O–H groups in total. The molecule has 4 nitrogen and oxygen atoms in total. The first-order valence-corrected chi connectivity index (χ1v) is 5.29. The van der Waals surface area contributed by atoms with Crippen LogP contribution in [0.5, 0.6) is 0 Å². The lowest BCUT2D eigenvalue weighted by Gasteiger charge is -2.38. The number of ether oxygens (including phenoxy) is 1. The highest BCUT2D eigenvalue weighted by atomic mass is 19.4. The number of rotatable bonds is 1. The third-order valence-electron chi connectivity index (χ3n) is 2.91. The summed E-state index contributed by atoms with van der Waals surface area (Å²) in [6.45, 7) is 1.74. The molecule has 1 aliphatic rings. The van der Waals surface area contributed by atoms with Crippen molar-refractivity contribution < 1.29 is 17.9 Å². The van der Waals surface area contributed by atoms with Crippen molar-refractivity contribution in [1.82, 2.24) is 15.1 Å². The smallest absolute Gasteiger partial charge is 0.358 e. The van der Waals surface area contributed by atoms with Crippen LogP contribution in [0, 0.1) is 6.92 Å². The van der Waals surface area contributed by atoms with Gasteiger partial charge in [0.25, 0.3) is 0 Å². The maximum Gasteiger partial charge on any atom is 0.423 e. The molecule has 1 fully saturated rings. The van der Waals surface area contributed by atoms with E-state index >= 15 is 0 Å². The molecule has 96 valence electrons. The van der Waals surface area contributed by atoms with Crippen molar-refractivity contribution in [2.45, 2.75) is 18.7 Å². The largest absolute Gasteiger partial charge is 0.423 e. The van der Waals surface area contributed by atoms with Crippen LogP contribution in [-0.2, 0) is 17.4 Å². The van der Waals surface area contributed by atoms with E-state index in [4.69, 9.17) is 4.74 Å². The van der Waals surface area contributed by atoms with Crippen LogP contribution in [0.4, 0.5) is 13.2 Å². The summed E-state index contributed by atoms with van der Waals surface area (Å²) in [7, 11) is 1.59. The van der Waals surface area contributed by atoms with Crippen molar-refractivity contribution in [3.05, 3.63) is 17.5 Å². The van der Waals surface area contributed by atoms with Gasteiger partial charge in [-0.1, -0.05) is 0 Å². The second-order valence-electron chi connectivity index (χ2n) is 4.15. The van der Waals surface area contributed by atoms with E-state index in [9.17, 15) is 13.2 Å². The molecule has 7 heteroatoms. The molecule has 0 bridgehead atoms. The Labute approximate surface area is 96.7 Å². The van der Waals surface area contributed by atoms with Gasteiger partial charge in [0.1, 0.15) is 0 Å². The van der Waals surface area contributed by atoms with Gasteiger partial charge in [-0.2, -0.15) is 18.3 Å². The number of aromatic nitrogens is 2. The second kappa shape index (κ2) is 3.99. The van der Waals surface area contributed by atoms with Crippen molar-refractivity contribution in [1.29, 1.82) is 0 Å². The summed E-state index contributed by atoms with van der Waals surface area (Å²) in [5.41, 5.74) is -1.85. The number of nitrogens with one attached hydrogen (secondary N) is 1. The van der Waals surface area contributed by atoms with Gasteiger partial charge in [-0.05, 0) is 6.92 Å². The van der Waals surface area contributed by atoms with Gasteiger partial charge in [-0.25, -0.2) is 0 Å². The first-order chi connectivity index (χ1) is 7.87. The van der Waals surface area contributed by atoms with Gasteiger partial charge in [-0.15, -0.1) is 0 Å². The Morgan fingerprint density at radius 2 is 2.24 bits per heavy atom. The minimum absolute atomic E-state index is 0.0356. The molecule has 17 heavy (non-hydrogen) atoms. The SMILES string of the molecule is Cc1nn(C)cc1C1(C(F)(F)F)CNCCO1. The van der Waals surface area contributed by atoms with Crippen molar-refractivity contribution in [2.75, 3.05) is 19.7 Å². The Morgan fingerprint density at radius 3 is 2.65 bits per heavy atom. The first-order valence-electron chi connectivity index (χ1n) is 5.29. The number of nitrogens with zero attached hydrogens (tertiary/aromatic N) is 2. The molecule has 1 unspecified atom stereocenters. The van der Waals surface area contributed by atoms with Gasteiger partial charge in [0.05, 0.1) is 12.3 Å². The zero-order chi connectivity index (χ0) is 12.7. The summed E-state index contributed by atoms with van der Waals surface area (Å²) in [5, 5.41) is 6.69. The van der Waals surface area contributed by atoms with Crippen LogP contribution < -0.4 is 5.32 Å². The van der Waals surface area contributed by atoms with E-state index in [1.54, 1.807) is 14.0 Å². The van der Waals surface area contributed by atoms with Crippen LogP contribution >= 0.6 is 0 Å². The number of hydrogen-bond donors (Lipinski definition) is 1. The van der Waals surface area contributed by atoms with E-state index in [1.807, 2.05) is 0 Å². The molecule has 0 aliphatic carbocycles. The zero-order valence-electron chi connectivity index (χ0n) is 9.64. The Hall–Kier alpha value is -1.08. The molecule has 0 aromatic carbocycles. The summed E-state index contributed by atoms with van der Waals surface area (Å²) in [5.74, 6) is 0. The van der Waals surface area contributed by atoms with Crippen molar-refractivity contribution in [2.24, 2.45) is 7.05 Å². The molecule has 1 atom stereocenters. The molecule has 1 aliphatic heterocycles. The van der Waals surface area contributed by atoms with Gasteiger partial charge in [0.2, 0.25) is 5.60 Å². The van der Waals surface area contributed by atoms with E-state index in [0.717, 1.165) is 0 Å². The third-order valence-corrected chi connectivity index (χ3v) is 2.91. The molecule has 0 spiro atoms. The van der Waals surface area contributed by atoms with E-state index in [1.165, 1.54) is 10.9 Å². The first kappa shape index (κ1) is 12.4. The van der Waals surface area contributed by atoms with Crippen LogP contribution in [0.25, 0.3) is 0 Å². The zero-order valence-corrected chi connectivity index (χ0v) is 9.64. The monoisotopic (exact) mass is 249 g/mol. The predicted molar refractivity (Wildman–Crippen MR) is 54.5 cm³/mol. The molecule has 0 amide bonds. The van der Waals surface area contributed by atoms with Crippen LogP contribution in [0.1, 0.15) is 11.3 Å². The maximum absolute atomic E-state index is 13.3. The van der Waals surface area contributed by atoms with Crippen molar-refractivity contribution >= 4 is 0 Å². The Balaban J connectivity index is 2.50. The molecule has 0 saturated carbocycles. The number of morpholine rings is 1. The van der Waals surface area contributed by atoms with E-state index in [2.05, 4.69) is 10.4 Å². The van der Waals surface area contributed by atoms with Gasteiger partial charge >= 0.3 is 6.18 Å². The van der Waals surface area contributed by atoms with E-state index < -0.39 is 11.8 Å². The number of halogens is 3. The molecule has 1 saturated heterocycles. The van der Waals surface area contributed by atoms with Crippen LogP contribution in [0.2, 0.25) is 0 Å². The molecule has 0 radical (unpaired) electrons. The number of hydrogen-bond acceptors (Lipinski definition) is 3. The quantitative estimate of drug-likeness (QED) is 0.810. The minimum Gasteiger partial charge on any atom is -0.358 e. The molecule has 2 heterocycles. The maximum atomic E-state index is 13.3. The lowest BCUT2D eigenvalue weighted by Crippen LogP contribution is -2.56. The fourth-order valence-corrected chi connectivity index (χ4v) is 2.12. The van der Waals surface area contributed by atoms with Gasteiger partial charge in [0, 0.05) is 31.9 Å². The van der Waals surface area contributed by atoms with Crippen molar-refractivity contribution in [3.8, 4) is 0 Å². The summed E-state index contributed by atoms with van der Waals surface area (Å²) in [6, 6.07) is 0. The second-order valence-corrected chi connectivity index (χ2v) is 4.15. The Kier molecular flexibility index (Phi) is 2.90. The minimum atomic E-state index is -4.46. The highest BCUT2D eigenvalue weighted by molar-refractivity contribution is 5.27. The normalized spacial score (nSPS) is 26.2. The molecular formula is C10H14F3N3O. The highest BCUT2D eigenvalue weighted by Gasteiger charge is 2.59.